The summed E-state index contributed by atoms with van der Waals surface area (Å²) in [7, 11) is 1.79. The van der Waals surface area contributed by atoms with Gasteiger partial charge in [-0.05, 0) is 67.8 Å². The Hall–Kier alpha value is -1.02. The van der Waals surface area contributed by atoms with Gasteiger partial charge in [0.05, 0.1) is 7.11 Å². The molecule has 2 rings (SSSR count). The van der Waals surface area contributed by atoms with Crippen molar-refractivity contribution in [2.45, 2.75) is 51.4 Å². The number of rotatable bonds is 5. The van der Waals surface area contributed by atoms with E-state index in [0.717, 1.165) is 18.8 Å². The van der Waals surface area contributed by atoms with E-state index in [1.165, 1.54) is 36.8 Å². The van der Waals surface area contributed by atoms with E-state index in [9.17, 15) is 0 Å². The summed E-state index contributed by atoms with van der Waals surface area (Å²) in [6, 6.07) is 6.83. The SMILES string of the molecule is CCC(CC)c1ccc(OC)c(C2CCNCC2)c1. The molecule has 0 saturated carbocycles. The fraction of sp³-hybridized carbons (Fsp3) is 0.647. The fourth-order valence-corrected chi connectivity index (χ4v) is 3.22. The number of nitrogens with one attached hydrogen (secondary N) is 1. The van der Waals surface area contributed by atoms with Crippen molar-refractivity contribution < 1.29 is 4.74 Å². The molecule has 0 aromatic heterocycles. The topological polar surface area (TPSA) is 21.3 Å². The Morgan fingerprint density at radius 1 is 1.21 bits per heavy atom. The van der Waals surface area contributed by atoms with Gasteiger partial charge in [-0.2, -0.15) is 0 Å². The van der Waals surface area contributed by atoms with E-state index in [2.05, 4.69) is 37.4 Å². The van der Waals surface area contributed by atoms with Gasteiger partial charge < -0.3 is 10.1 Å². The van der Waals surface area contributed by atoms with Crippen molar-refractivity contribution in [3.05, 3.63) is 29.3 Å². The number of ether oxygens (including phenoxy) is 1. The molecule has 0 bridgehead atoms. The summed E-state index contributed by atoms with van der Waals surface area (Å²) >= 11 is 0. The molecule has 0 amide bonds. The second-order valence-corrected chi connectivity index (χ2v) is 5.54. The zero-order valence-electron chi connectivity index (χ0n) is 12.5. The van der Waals surface area contributed by atoms with Crippen LogP contribution in [0.1, 0.15) is 62.5 Å². The van der Waals surface area contributed by atoms with E-state index < -0.39 is 0 Å². The van der Waals surface area contributed by atoms with Crippen molar-refractivity contribution in [3.8, 4) is 5.75 Å². The Bertz CT molecular complexity index is 392. The molecule has 2 nitrogen and oxygen atoms in total. The molecule has 1 aliphatic rings. The van der Waals surface area contributed by atoms with E-state index >= 15 is 0 Å². The first-order chi connectivity index (χ1) is 9.30. The molecule has 1 heterocycles. The van der Waals surface area contributed by atoms with Crippen LogP contribution in [-0.2, 0) is 0 Å². The van der Waals surface area contributed by atoms with Gasteiger partial charge in [0.2, 0.25) is 0 Å². The largest absolute Gasteiger partial charge is 0.496 e. The third-order valence-electron chi connectivity index (χ3n) is 4.49. The number of methoxy groups -OCH3 is 1. The van der Waals surface area contributed by atoms with Crippen molar-refractivity contribution in [3.63, 3.8) is 0 Å². The second kappa shape index (κ2) is 6.95. The highest BCUT2D eigenvalue weighted by Gasteiger charge is 2.20. The lowest BCUT2D eigenvalue weighted by atomic mass is 9.85. The zero-order chi connectivity index (χ0) is 13.7. The summed E-state index contributed by atoms with van der Waals surface area (Å²) in [4.78, 5) is 0. The molecular weight excluding hydrogens is 234 g/mol. The van der Waals surface area contributed by atoms with Crippen LogP contribution in [0, 0.1) is 0 Å². The normalized spacial score (nSPS) is 16.8. The number of hydrogen-bond donors (Lipinski definition) is 1. The Labute approximate surface area is 117 Å². The lowest BCUT2D eigenvalue weighted by molar-refractivity contribution is 0.391. The highest BCUT2D eigenvalue weighted by atomic mass is 16.5. The Morgan fingerprint density at radius 2 is 1.89 bits per heavy atom. The molecule has 106 valence electrons. The smallest absolute Gasteiger partial charge is 0.122 e. The second-order valence-electron chi connectivity index (χ2n) is 5.54. The van der Waals surface area contributed by atoms with Crippen molar-refractivity contribution in [1.29, 1.82) is 0 Å². The van der Waals surface area contributed by atoms with Gasteiger partial charge in [0.15, 0.2) is 0 Å². The summed E-state index contributed by atoms with van der Waals surface area (Å²) in [6.45, 7) is 6.82. The molecule has 1 fully saturated rings. The molecule has 2 heteroatoms. The highest BCUT2D eigenvalue weighted by Crippen LogP contribution is 2.36. The Morgan fingerprint density at radius 3 is 2.47 bits per heavy atom. The molecule has 1 saturated heterocycles. The van der Waals surface area contributed by atoms with Crippen LogP contribution in [0.25, 0.3) is 0 Å². The first-order valence-corrected chi connectivity index (χ1v) is 7.68. The van der Waals surface area contributed by atoms with Gasteiger partial charge in [0.25, 0.3) is 0 Å². The molecule has 0 atom stereocenters. The van der Waals surface area contributed by atoms with E-state index in [-0.39, 0.29) is 0 Å². The van der Waals surface area contributed by atoms with Crippen LogP contribution < -0.4 is 10.1 Å². The van der Waals surface area contributed by atoms with Gasteiger partial charge >= 0.3 is 0 Å². The van der Waals surface area contributed by atoms with Crippen LogP contribution in [-0.4, -0.2) is 20.2 Å². The van der Waals surface area contributed by atoms with Gasteiger partial charge in [-0.15, -0.1) is 0 Å². The summed E-state index contributed by atoms with van der Waals surface area (Å²) in [6.07, 6.45) is 4.88. The predicted molar refractivity (Wildman–Crippen MR) is 81.2 cm³/mol. The third kappa shape index (κ3) is 3.30. The molecule has 1 aromatic carbocycles. The molecule has 0 unspecified atom stereocenters. The Balaban J connectivity index is 2.29. The summed E-state index contributed by atoms with van der Waals surface area (Å²) in [5.41, 5.74) is 2.91. The van der Waals surface area contributed by atoms with E-state index in [4.69, 9.17) is 4.74 Å². The molecule has 1 aliphatic heterocycles. The van der Waals surface area contributed by atoms with Gasteiger partial charge in [0, 0.05) is 0 Å². The maximum Gasteiger partial charge on any atom is 0.122 e. The lowest BCUT2D eigenvalue weighted by Gasteiger charge is -2.26. The number of benzene rings is 1. The van der Waals surface area contributed by atoms with Crippen molar-refractivity contribution >= 4 is 0 Å². The monoisotopic (exact) mass is 261 g/mol. The van der Waals surface area contributed by atoms with E-state index in [0.29, 0.717) is 11.8 Å². The maximum absolute atomic E-state index is 5.58. The summed E-state index contributed by atoms with van der Waals surface area (Å²) in [5, 5.41) is 3.44. The minimum absolute atomic E-state index is 0.658. The predicted octanol–water partition coefficient (Wildman–Crippen LogP) is 4.07. The fourth-order valence-electron chi connectivity index (χ4n) is 3.22. The minimum Gasteiger partial charge on any atom is -0.496 e. The molecule has 19 heavy (non-hydrogen) atoms. The molecule has 0 aliphatic carbocycles. The quantitative estimate of drug-likeness (QED) is 0.863. The third-order valence-corrected chi connectivity index (χ3v) is 4.49. The first kappa shape index (κ1) is 14.4. The van der Waals surface area contributed by atoms with Crippen molar-refractivity contribution in [2.24, 2.45) is 0 Å². The van der Waals surface area contributed by atoms with Crippen LogP contribution in [0.4, 0.5) is 0 Å². The van der Waals surface area contributed by atoms with Crippen LogP contribution in [0.5, 0.6) is 5.75 Å². The molecule has 1 N–H and O–H groups in total. The molecular formula is C17H27NO. The average molecular weight is 261 g/mol. The Kier molecular flexibility index (Phi) is 5.26. The zero-order valence-corrected chi connectivity index (χ0v) is 12.5. The average Bonchev–Trinajstić information content (AvgIpc) is 2.49. The van der Waals surface area contributed by atoms with Crippen molar-refractivity contribution in [1.82, 2.24) is 5.32 Å². The summed E-state index contributed by atoms with van der Waals surface area (Å²) in [5.74, 6) is 2.42. The molecule has 0 spiro atoms. The maximum atomic E-state index is 5.58. The van der Waals surface area contributed by atoms with Crippen LogP contribution >= 0.6 is 0 Å². The van der Waals surface area contributed by atoms with Crippen LogP contribution in [0.15, 0.2) is 18.2 Å². The minimum atomic E-state index is 0.658. The number of piperidine rings is 1. The van der Waals surface area contributed by atoms with Gasteiger partial charge in [-0.1, -0.05) is 26.0 Å². The van der Waals surface area contributed by atoms with Gasteiger partial charge in [-0.25, -0.2) is 0 Å². The van der Waals surface area contributed by atoms with Gasteiger partial charge in [0.1, 0.15) is 5.75 Å². The van der Waals surface area contributed by atoms with E-state index in [1.54, 1.807) is 7.11 Å². The lowest BCUT2D eigenvalue weighted by Crippen LogP contribution is -2.26. The van der Waals surface area contributed by atoms with Crippen LogP contribution in [0.3, 0.4) is 0 Å². The first-order valence-electron chi connectivity index (χ1n) is 7.68. The number of hydrogen-bond acceptors (Lipinski definition) is 2. The summed E-state index contributed by atoms with van der Waals surface area (Å²) < 4.78 is 5.58. The van der Waals surface area contributed by atoms with Crippen molar-refractivity contribution in [2.75, 3.05) is 20.2 Å². The van der Waals surface area contributed by atoms with Gasteiger partial charge in [-0.3, -0.25) is 0 Å². The molecule has 1 aromatic rings. The molecule has 0 radical (unpaired) electrons. The van der Waals surface area contributed by atoms with E-state index in [1.807, 2.05) is 0 Å². The van der Waals surface area contributed by atoms with Crippen LogP contribution in [0.2, 0.25) is 0 Å². The standard InChI is InChI=1S/C17H27NO/c1-4-13(5-2)15-6-7-17(19-3)16(12-15)14-8-10-18-11-9-14/h6-7,12-14,18H,4-5,8-11H2,1-3H3. The highest BCUT2D eigenvalue weighted by molar-refractivity contribution is 5.41.